The van der Waals surface area contributed by atoms with Gasteiger partial charge in [-0.15, -0.1) is 0 Å². The number of nitrogens with two attached hydrogens (primary N) is 1. The van der Waals surface area contributed by atoms with E-state index in [1.54, 1.807) is 42.5 Å². The van der Waals surface area contributed by atoms with Crippen LogP contribution >= 0.6 is 11.6 Å². The number of rotatable bonds is 5. The Morgan fingerprint density at radius 1 is 1.19 bits per heavy atom. The Kier molecular flexibility index (Phi) is 4.90. The number of hydrogen-bond donors (Lipinski definition) is 2. The van der Waals surface area contributed by atoms with Gasteiger partial charge in [0.25, 0.3) is 5.91 Å². The van der Waals surface area contributed by atoms with Crippen LogP contribution in [0.4, 0.5) is 0 Å². The summed E-state index contributed by atoms with van der Waals surface area (Å²) in [6.45, 7) is 0. The Balaban J connectivity index is 2.12. The first kappa shape index (κ1) is 15.0. The van der Waals surface area contributed by atoms with Crippen molar-refractivity contribution in [2.45, 2.75) is 12.5 Å². The first-order valence-corrected chi connectivity index (χ1v) is 6.70. The van der Waals surface area contributed by atoms with Crippen molar-refractivity contribution in [1.29, 1.82) is 0 Å². The van der Waals surface area contributed by atoms with Gasteiger partial charge >= 0.3 is 0 Å². The van der Waals surface area contributed by atoms with Crippen molar-refractivity contribution >= 4 is 23.4 Å². The molecule has 0 fully saturated rings. The summed E-state index contributed by atoms with van der Waals surface area (Å²) in [4.78, 5) is 27.5. The minimum Gasteiger partial charge on any atom is -0.368 e. The number of amides is 2. The van der Waals surface area contributed by atoms with Gasteiger partial charge in [-0.2, -0.15) is 0 Å². The standard InChI is InChI=1S/C15H14ClN3O2/c16-11-6-2-1-5-10(11)9-13(14(17)20)19-15(21)12-7-3-4-8-18-12/h1-8,13H,9H2,(H2,17,20)(H,19,21)/t13-/m0/s1. The molecular weight excluding hydrogens is 290 g/mol. The lowest BCUT2D eigenvalue weighted by Gasteiger charge is -2.16. The van der Waals surface area contributed by atoms with Gasteiger partial charge in [0.1, 0.15) is 11.7 Å². The molecule has 1 atom stereocenters. The highest BCUT2D eigenvalue weighted by Crippen LogP contribution is 2.16. The SMILES string of the molecule is NC(=O)[C@H](Cc1ccccc1Cl)NC(=O)c1ccccn1. The molecule has 0 saturated heterocycles. The fraction of sp³-hybridized carbons (Fsp3) is 0.133. The molecule has 6 heteroatoms. The summed E-state index contributed by atoms with van der Waals surface area (Å²) < 4.78 is 0. The zero-order chi connectivity index (χ0) is 15.2. The highest BCUT2D eigenvalue weighted by atomic mass is 35.5. The summed E-state index contributed by atoms with van der Waals surface area (Å²) in [6, 6.07) is 11.2. The van der Waals surface area contributed by atoms with E-state index in [9.17, 15) is 9.59 Å². The number of carbonyl (C=O) groups is 2. The number of nitrogens with one attached hydrogen (secondary N) is 1. The number of benzene rings is 1. The van der Waals surface area contributed by atoms with E-state index in [0.29, 0.717) is 5.02 Å². The minimum absolute atomic E-state index is 0.225. The quantitative estimate of drug-likeness (QED) is 0.879. The van der Waals surface area contributed by atoms with Gasteiger partial charge in [-0.1, -0.05) is 35.9 Å². The van der Waals surface area contributed by atoms with Crippen molar-refractivity contribution in [3.05, 3.63) is 64.9 Å². The molecule has 2 aromatic rings. The maximum Gasteiger partial charge on any atom is 0.270 e. The van der Waals surface area contributed by atoms with Crippen molar-refractivity contribution in [3.63, 3.8) is 0 Å². The van der Waals surface area contributed by atoms with Crippen LogP contribution in [0.15, 0.2) is 48.7 Å². The van der Waals surface area contributed by atoms with Gasteiger partial charge in [-0.05, 0) is 23.8 Å². The minimum atomic E-state index is -0.848. The van der Waals surface area contributed by atoms with E-state index in [1.807, 2.05) is 0 Å². The number of pyridine rings is 1. The smallest absolute Gasteiger partial charge is 0.270 e. The first-order valence-electron chi connectivity index (χ1n) is 6.32. The zero-order valence-corrected chi connectivity index (χ0v) is 11.9. The number of carbonyl (C=O) groups excluding carboxylic acids is 2. The van der Waals surface area contributed by atoms with Gasteiger partial charge < -0.3 is 11.1 Å². The van der Waals surface area contributed by atoms with Crippen LogP contribution in [0.25, 0.3) is 0 Å². The second kappa shape index (κ2) is 6.85. The van der Waals surface area contributed by atoms with Gasteiger partial charge in [0.2, 0.25) is 5.91 Å². The molecule has 1 aromatic carbocycles. The highest BCUT2D eigenvalue weighted by molar-refractivity contribution is 6.31. The first-order chi connectivity index (χ1) is 10.1. The Morgan fingerprint density at radius 2 is 1.90 bits per heavy atom. The van der Waals surface area contributed by atoms with Crippen LogP contribution in [0, 0.1) is 0 Å². The monoisotopic (exact) mass is 303 g/mol. The molecule has 1 aromatic heterocycles. The number of nitrogens with zero attached hydrogens (tertiary/aromatic N) is 1. The Hall–Kier alpha value is -2.40. The van der Waals surface area contributed by atoms with Crippen LogP contribution < -0.4 is 11.1 Å². The molecule has 1 heterocycles. The molecule has 21 heavy (non-hydrogen) atoms. The average Bonchev–Trinajstić information content (AvgIpc) is 2.49. The summed E-state index contributed by atoms with van der Waals surface area (Å²) in [5, 5.41) is 3.10. The van der Waals surface area contributed by atoms with Gasteiger partial charge in [0.15, 0.2) is 0 Å². The van der Waals surface area contributed by atoms with E-state index in [2.05, 4.69) is 10.3 Å². The van der Waals surface area contributed by atoms with E-state index >= 15 is 0 Å². The maximum absolute atomic E-state index is 12.0. The van der Waals surface area contributed by atoms with E-state index in [4.69, 9.17) is 17.3 Å². The predicted octanol–water partition coefficient (Wildman–Crippen LogP) is 1.56. The van der Waals surface area contributed by atoms with E-state index in [0.717, 1.165) is 5.56 Å². The van der Waals surface area contributed by atoms with Crippen molar-refractivity contribution in [2.24, 2.45) is 5.73 Å². The second-order valence-electron chi connectivity index (χ2n) is 4.44. The third-order valence-corrected chi connectivity index (χ3v) is 3.30. The summed E-state index contributed by atoms with van der Waals surface area (Å²) in [6.07, 6.45) is 1.73. The lowest BCUT2D eigenvalue weighted by Crippen LogP contribution is -2.46. The predicted molar refractivity (Wildman–Crippen MR) is 79.8 cm³/mol. The number of aromatic nitrogens is 1. The largest absolute Gasteiger partial charge is 0.368 e. The maximum atomic E-state index is 12.0. The molecule has 0 aliphatic rings. The van der Waals surface area contributed by atoms with E-state index < -0.39 is 17.9 Å². The van der Waals surface area contributed by atoms with Crippen LogP contribution in [0.5, 0.6) is 0 Å². The van der Waals surface area contributed by atoms with Crippen molar-refractivity contribution in [1.82, 2.24) is 10.3 Å². The molecule has 108 valence electrons. The van der Waals surface area contributed by atoms with Crippen LogP contribution in [-0.2, 0) is 11.2 Å². The Labute approximate surface area is 127 Å². The number of primary amides is 1. The van der Waals surface area contributed by atoms with Crippen LogP contribution in [0.2, 0.25) is 5.02 Å². The molecule has 5 nitrogen and oxygen atoms in total. The number of hydrogen-bond acceptors (Lipinski definition) is 3. The molecule has 0 aliphatic heterocycles. The summed E-state index contributed by atoms with van der Waals surface area (Å²) in [7, 11) is 0. The van der Waals surface area contributed by atoms with Gasteiger partial charge in [0, 0.05) is 17.6 Å². The normalized spacial score (nSPS) is 11.7. The fourth-order valence-corrected chi connectivity index (χ4v) is 2.05. The highest BCUT2D eigenvalue weighted by Gasteiger charge is 2.20. The Morgan fingerprint density at radius 3 is 2.52 bits per heavy atom. The van der Waals surface area contributed by atoms with Gasteiger partial charge in [-0.25, -0.2) is 0 Å². The topological polar surface area (TPSA) is 85.1 Å². The molecule has 3 N–H and O–H groups in total. The third-order valence-electron chi connectivity index (χ3n) is 2.93. The average molecular weight is 304 g/mol. The molecule has 2 amide bonds. The molecule has 0 aliphatic carbocycles. The third kappa shape index (κ3) is 4.03. The van der Waals surface area contributed by atoms with Crippen molar-refractivity contribution < 1.29 is 9.59 Å². The summed E-state index contributed by atoms with van der Waals surface area (Å²) in [5.74, 6) is -1.08. The fourth-order valence-electron chi connectivity index (χ4n) is 1.84. The zero-order valence-electron chi connectivity index (χ0n) is 11.1. The molecule has 2 rings (SSSR count). The van der Waals surface area contributed by atoms with Crippen LogP contribution in [-0.4, -0.2) is 22.8 Å². The Bertz CT molecular complexity index is 646. The van der Waals surface area contributed by atoms with E-state index in [1.165, 1.54) is 6.20 Å². The molecule has 0 bridgehead atoms. The molecule has 0 spiro atoms. The lowest BCUT2D eigenvalue weighted by molar-refractivity contribution is -0.119. The number of halogens is 1. The van der Waals surface area contributed by atoms with Crippen molar-refractivity contribution in [2.75, 3.05) is 0 Å². The van der Waals surface area contributed by atoms with Crippen LogP contribution in [0.1, 0.15) is 16.1 Å². The summed E-state index contributed by atoms with van der Waals surface area (Å²) in [5.41, 5.74) is 6.31. The summed E-state index contributed by atoms with van der Waals surface area (Å²) >= 11 is 6.05. The van der Waals surface area contributed by atoms with Gasteiger partial charge in [-0.3, -0.25) is 14.6 Å². The van der Waals surface area contributed by atoms with Gasteiger partial charge in [0.05, 0.1) is 0 Å². The second-order valence-corrected chi connectivity index (χ2v) is 4.85. The molecular formula is C15H14ClN3O2. The van der Waals surface area contributed by atoms with E-state index in [-0.39, 0.29) is 12.1 Å². The molecule has 0 saturated carbocycles. The van der Waals surface area contributed by atoms with Crippen molar-refractivity contribution in [3.8, 4) is 0 Å². The molecule has 0 radical (unpaired) electrons. The van der Waals surface area contributed by atoms with Crippen LogP contribution in [0.3, 0.4) is 0 Å². The lowest BCUT2D eigenvalue weighted by atomic mass is 10.1. The molecule has 0 unspecified atom stereocenters.